The number of amidine groups is 1. The van der Waals surface area contributed by atoms with Crippen LogP contribution in [0, 0.1) is 0 Å². The van der Waals surface area contributed by atoms with Crippen LogP contribution in [0.25, 0.3) is 0 Å². The highest BCUT2D eigenvalue weighted by Crippen LogP contribution is 2.05. The van der Waals surface area contributed by atoms with Crippen LogP contribution in [0.15, 0.2) is 30.6 Å². The van der Waals surface area contributed by atoms with Gasteiger partial charge in [0.25, 0.3) is 0 Å². The van der Waals surface area contributed by atoms with Gasteiger partial charge in [-0.15, -0.1) is 0 Å². The van der Waals surface area contributed by atoms with Gasteiger partial charge in [-0.3, -0.25) is 0 Å². The summed E-state index contributed by atoms with van der Waals surface area (Å²) in [6.07, 6.45) is 3.21. The molecule has 0 heterocycles. The largest absolute Gasteiger partial charge is 0.325 e. The molecule has 3 heteroatoms. The molecule has 0 aliphatic heterocycles. The van der Waals surface area contributed by atoms with Gasteiger partial charge < -0.3 is 4.90 Å². The molecule has 0 aliphatic carbocycles. The summed E-state index contributed by atoms with van der Waals surface area (Å²) in [6, 6.07) is 0.352. The van der Waals surface area contributed by atoms with Crippen LogP contribution in [0.4, 0.5) is 0 Å². The molecule has 0 radical (unpaired) electrons. The number of hydrogen-bond donors (Lipinski definition) is 0. The van der Waals surface area contributed by atoms with Crippen molar-refractivity contribution in [2.75, 3.05) is 0 Å². The van der Waals surface area contributed by atoms with Gasteiger partial charge in [0.2, 0.25) is 0 Å². The van der Waals surface area contributed by atoms with Crippen LogP contribution < -0.4 is 0 Å². The highest BCUT2D eigenvalue weighted by Gasteiger charge is 2.06. The first-order valence-corrected chi connectivity index (χ1v) is 4.17. The fourth-order valence-corrected chi connectivity index (χ4v) is 1.34. The highest BCUT2D eigenvalue weighted by atomic mass is 79.9. The SMILES string of the molecule is C=C/N=C(/Br)N(C=C)C(C)C. The molecule has 11 heavy (non-hydrogen) atoms. The maximum Gasteiger partial charge on any atom is 0.177 e. The Morgan fingerprint density at radius 3 is 2.36 bits per heavy atom. The van der Waals surface area contributed by atoms with Crippen LogP contribution in [0.1, 0.15) is 13.8 Å². The normalized spacial score (nSPS) is 11.5. The zero-order valence-corrected chi connectivity index (χ0v) is 8.50. The van der Waals surface area contributed by atoms with Gasteiger partial charge in [0.05, 0.1) is 0 Å². The lowest BCUT2D eigenvalue weighted by molar-refractivity contribution is 0.469. The van der Waals surface area contributed by atoms with Gasteiger partial charge in [-0.2, -0.15) is 0 Å². The Morgan fingerprint density at radius 2 is 2.09 bits per heavy atom. The molecule has 0 saturated heterocycles. The first-order valence-electron chi connectivity index (χ1n) is 3.38. The predicted octanol–water partition coefficient (Wildman–Crippen LogP) is 2.73. The molecule has 0 aliphatic rings. The molecular weight excluding hydrogens is 204 g/mol. The van der Waals surface area contributed by atoms with Gasteiger partial charge in [-0.05, 0) is 36.0 Å². The Bertz CT molecular complexity index is 173. The van der Waals surface area contributed by atoms with Crippen molar-refractivity contribution >= 4 is 20.7 Å². The molecular formula is C8H13BrN2. The van der Waals surface area contributed by atoms with Crippen LogP contribution in [0.3, 0.4) is 0 Å². The summed E-state index contributed by atoms with van der Waals surface area (Å²) in [4.78, 5) is 5.87. The quantitative estimate of drug-likeness (QED) is 0.403. The van der Waals surface area contributed by atoms with Gasteiger partial charge >= 0.3 is 0 Å². The van der Waals surface area contributed by atoms with E-state index in [1.54, 1.807) is 6.20 Å². The molecule has 2 nitrogen and oxygen atoms in total. The average molecular weight is 217 g/mol. The Kier molecular flexibility index (Phi) is 4.86. The standard InChI is InChI=1S/C8H13BrN2/c1-5-10-8(9)11(6-2)7(3)4/h5-7H,1-2H2,3-4H3/b10-8-. The number of rotatable bonds is 3. The number of nitrogens with zero attached hydrogens (tertiary/aromatic N) is 2. The monoisotopic (exact) mass is 216 g/mol. The summed E-state index contributed by atoms with van der Waals surface area (Å²) >= 11 is 3.30. The lowest BCUT2D eigenvalue weighted by atomic mass is 10.4. The topological polar surface area (TPSA) is 15.6 Å². The molecule has 0 aromatic carbocycles. The molecule has 0 spiro atoms. The smallest absolute Gasteiger partial charge is 0.177 e. The van der Waals surface area contributed by atoms with Crippen molar-refractivity contribution < 1.29 is 0 Å². The van der Waals surface area contributed by atoms with Crippen molar-refractivity contribution in [3.8, 4) is 0 Å². The van der Waals surface area contributed by atoms with E-state index in [2.05, 4.69) is 47.9 Å². The minimum atomic E-state index is 0.352. The number of halogens is 1. The third-order valence-corrected chi connectivity index (χ3v) is 1.78. The van der Waals surface area contributed by atoms with Crippen molar-refractivity contribution in [3.05, 3.63) is 25.6 Å². The van der Waals surface area contributed by atoms with E-state index in [4.69, 9.17) is 0 Å². The zero-order chi connectivity index (χ0) is 8.85. The van der Waals surface area contributed by atoms with Gasteiger partial charge in [-0.1, -0.05) is 13.2 Å². The first kappa shape index (κ1) is 10.4. The number of hydrogen-bond acceptors (Lipinski definition) is 1. The van der Waals surface area contributed by atoms with Crippen LogP contribution in [0.2, 0.25) is 0 Å². The second kappa shape index (κ2) is 5.13. The molecule has 0 aromatic heterocycles. The first-order chi connectivity index (χ1) is 5.13. The maximum absolute atomic E-state index is 3.97. The van der Waals surface area contributed by atoms with Crippen LogP contribution in [0.5, 0.6) is 0 Å². The second-order valence-electron chi connectivity index (χ2n) is 2.26. The molecule has 0 atom stereocenters. The van der Waals surface area contributed by atoms with Crippen LogP contribution in [-0.4, -0.2) is 15.7 Å². The molecule has 0 amide bonds. The predicted molar refractivity (Wildman–Crippen MR) is 53.7 cm³/mol. The minimum Gasteiger partial charge on any atom is -0.325 e. The number of aliphatic imine (C=N–C) groups is 1. The fourth-order valence-electron chi connectivity index (χ4n) is 0.641. The van der Waals surface area contributed by atoms with Crippen LogP contribution >= 0.6 is 15.9 Å². The van der Waals surface area contributed by atoms with E-state index < -0.39 is 0 Å². The zero-order valence-electron chi connectivity index (χ0n) is 6.92. The van der Waals surface area contributed by atoms with Crippen molar-refractivity contribution in [3.63, 3.8) is 0 Å². The average Bonchev–Trinajstić information content (AvgIpc) is 1.88. The van der Waals surface area contributed by atoms with Crippen molar-refractivity contribution in [1.82, 2.24) is 4.90 Å². The second-order valence-corrected chi connectivity index (χ2v) is 2.97. The summed E-state index contributed by atoms with van der Waals surface area (Å²) < 4.78 is 0.734. The van der Waals surface area contributed by atoms with Gasteiger partial charge in [0.1, 0.15) is 0 Å². The Hall–Kier alpha value is -0.570. The molecule has 0 unspecified atom stereocenters. The maximum atomic E-state index is 3.97. The lowest BCUT2D eigenvalue weighted by Gasteiger charge is -2.21. The molecule has 0 aromatic rings. The fraction of sp³-hybridized carbons (Fsp3) is 0.375. The van der Waals surface area contributed by atoms with E-state index in [9.17, 15) is 0 Å². The van der Waals surface area contributed by atoms with E-state index >= 15 is 0 Å². The molecule has 62 valence electrons. The van der Waals surface area contributed by atoms with Crippen molar-refractivity contribution in [2.24, 2.45) is 4.99 Å². The Morgan fingerprint density at radius 1 is 1.55 bits per heavy atom. The summed E-state index contributed by atoms with van der Waals surface area (Å²) in [7, 11) is 0. The van der Waals surface area contributed by atoms with Gasteiger partial charge in [-0.25, -0.2) is 4.99 Å². The van der Waals surface area contributed by atoms with Crippen molar-refractivity contribution in [1.29, 1.82) is 0 Å². The summed E-state index contributed by atoms with van der Waals surface area (Å²) in [5, 5.41) is 0. The van der Waals surface area contributed by atoms with Gasteiger partial charge in [0, 0.05) is 12.2 Å². The van der Waals surface area contributed by atoms with E-state index in [0.717, 1.165) is 4.74 Å². The highest BCUT2D eigenvalue weighted by molar-refractivity contribution is 9.18. The van der Waals surface area contributed by atoms with E-state index in [-0.39, 0.29) is 0 Å². The minimum absolute atomic E-state index is 0.352. The molecule has 0 bridgehead atoms. The van der Waals surface area contributed by atoms with Crippen molar-refractivity contribution in [2.45, 2.75) is 19.9 Å². The van der Waals surface area contributed by atoms with Crippen LogP contribution in [-0.2, 0) is 0 Å². The summed E-state index contributed by atoms with van der Waals surface area (Å²) in [6.45, 7) is 11.3. The Labute approximate surface area is 76.4 Å². The van der Waals surface area contributed by atoms with Gasteiger partial charge in [0.15, 0.2) is 4.74 Å². The Balaban J connectivity index is 4.36. The molecule has 0 N–H and O–H groups in total. The molecule has 0 fully saturated rings. The van der Waals surface area contributed by atoms with E-state index in [1.165, 1.54) is 6.20 Å². The van der Waals surface area contributed by atoms with E-state index in [0.29, 0.717) is 6.04 Å². The summed E-state index contributed by atoms with van der Waals surface area (Å²) in [5.41, 5.74) is 0. The lowest BCUT2D eigenvalue weighted by Crippen LogP contribution is -2.27. The van der Waals surface area contributed by atoms with E-state index in [1.807, 2.05) is 4.90 Å². The summed E-state index contributed by atoms with van der Waals surface area (Å²) in [5.74, 6) is 0. The third-order valence-electron chi connectivity index (χ3n) is 1.16. The third kappa shape index (κ3) is 3.37. The molecule has 0 rings (SSSR count). The molecule has 0 saturated carbocycles.